The predicted molar refractivity (Wildman–Crippen MR) is 88.7 cm³/mol. The third-order valence-electron chi connectivity index (χ3n) is 3.86. The molecule has 6 nitrogen and oxygen atoms in total. The van der Waals surface area contributed by atoms with Gasteiger partial charge < -0.3 is 4.74 Å². The number of benzene rings is 2. The minimum absolute atomic E-state index is 0.143. The van der Waals surface area contributed by atoms with Crippen molar-refractivity contribution in [3.63, 3.8) is 0 Å². The van der Waals surface area contributed by atoms with Gasteiger partial charge in [0.25, 0.3) is 0 Å². The van der Waals surface area contributed by atoms with Crippen LogP contribution in [0.15, 0.2) is 36.4 Å². The van der Waals surface area contributed by atoms with Gasteiger partial charge in [-0.1, -0.05) is 42.0 Å². The van der Waals surface area contributed by atoms with Crippen LogP contribution < -0.4 is 0 Å². The lowest BCUT2D eigenvalue weighted by Gasteiger charge is -2.13. The monoisotopic (exact) mass is 333 g/mol. The molecule has 0 bridgehead atoms. The van der Waals surface area contributed by atoms with Gasteiger partial charge in [-0.05, 0) is 43.0 Å². The van der Waals surface area contributed by atoms with Gasteiger partial charge in [0.05, 0.1) is 24.5 Å². The average molecular weight is 333 g/mol. The van der Waals surface area contributed by atoms with Crippen molar-refractivity contribution in [1.29, 1.82) is 0 Å². The minimum atomic E-state index is -0.336. The van der Waals surface area contributed by atoms with E-state index in [2.05, 4.69) is 30.0 Å². The second kappa shape index (κ2) is 8.75. The molecule has 0 fully saturated rings. The summed E-state index contributed by atoms with van der Waals surface area (Å²) in [7, 11) is 0. The zero-order valence-corrected chi connectivity index (χ0v) is 13.9. The summed E-state index contributed by atoms with van der Waals surface area (Å²) in [4.78, 5) is 16.6. The summed E-state index contributed by atoms with van der Waals surface area (Å²) in [5, 5.41) is 18.7. The molecule has 0 aliphatic carbocycles. The van der Waals surface area contributed by atoms with E-state index in [1.807, 2.05) is 25.1 Å². The lowest BCUT2D eigenvalue weighted by Crippen LogP contribution is -2.16. The molecule has 2 N–H and O–H groups in total. The van der Waals surface area contributed by atoms with Crippen molar-refractivity contribution in [2.75, 3.05) is 13.2 Å². The zero-order valence-electron chi connectivity index (χ0n) is 13.9. The standard InChI is InChI=1S/C18H23NO5/c1-13-5-6-17-12-15(7-8-16(17)11-13)14(2)18(20)23-9-3-4-10-24-19(21)22/h5-8,11-12,14,21-22H,3-4,9-10H2,1-2H3. The Balaban J connectivity index is 1.85. The van der Waals surface area contributed by atoms with Gasteiger partial charge in [0.15, 0.2) is 0 Å². The molecule has 0 heterocycles. The molecule has 0 aromatic heterocycles. The number of hydrogen-bond donors (Lipinski definition) is 2. The number of unbranched alkanes of at least 4 members (excludes halogenated alkanes) is 1. The zero-order chi connectivity index (χ0) is 17.5. The molecule has 1 atom stereocenters. The summed E-state index contributed by atoms with van der Waals surface area (Å²) >= 11 is 0. The van der Waals surface area contributed by atoms with E-state index in [1.165, 1.54) is 5.56 Å². The smallest absolute Gasteiger partial charge is 0.313 e. The molecule has 24 heavy (non-hydrogen) atoms. The third kappa shape index (κ3) is 5.28. The van der Waals surface area contributed by atoms with Crippen molar-refractivity contribution < 1.29 is 24.8 Å². The molecule has 2 aromatic carbocycles. The molecule has 2 aromatic rings. The van der Waals surface area contributed by atoms with Crippen LogP contribution >= 0.6 is 0 Å². The normalized spacial score (nSPS) is 12.5. The van der Waals surface area contributed by atoms with Crippen LogP contribution in [-0.4, -0.2) is 35.0 Å². The number of hydrogen-bond acceptors (Lipinski definition) is 6. The summed E-state index contributed by atoms with van der Waals surface area (Å²) in [6.07, 6.45) is 1.14. The van der Waals surface area contributed by atoms with E-state index < -0.39 is 0 Å². The molecule has 0 amide bonds. The van der Waals surface area contributed by atoms with E-state index in [0.29, 0.717) is 12.8 Å². The van der Waals surface area contributed by atoms with Crippen molar-refractivity contribution in [3.8, 4) is 0 Å². The lowest BCUT2D eigenvalue weighted by molar-refractivity contribution is -0.492. The molecule has 0 saturated heterocycles. The van der Waals surface area contributed by atoms with E-state index in [4.69, 9.17) is 15.2 Å². The Hall–Kier alpha value is -1.99. The molecular weight excluding hydrogens is 310 g/mol. The number of aryl methyl sites for hydroxylation is 1. The van der Waals surface area contributed by atoms with E-state index >= 15 is 0 Å². The highest BCUT2D eigenvalue weighted by Gasteiger charge is 2.17. The van der Waals surface area contributed by atoms with Crippen LogP contribution in [-0.2, 0) is 14.4 Å². The van der Waals surface area contributed by atoms with Gasteiger partial charge >= 0.3 is 5.97 Å². The summed E-state index contributed by atoms with van der Waals surface area (Å²) in [6.45, 7) is 4.30. The molecule has 0 radical (unpaired) electrons. The van der Waals surface area contributed by atoms with Crippen LogP contribution in [0.4, 0.5) is 0 Å². The fraction of sp³-hybridized carbons (Fsp3) is 0.389. The number of carbonyl (C=O) groups excluding carboxylic acids is 1. The third-order valence-corrected chi connectivity index (χ3v) is 3.86. The largest absolute Gasteiger partial charge is 0.465 e. The first-order valence-electron chi connectivity index (χ1n) is 7.95. The van der Waals surface area contributed by atoms with Crippen molar-refractivity contribution in [3.05, 3.63) is 47.5 Å². The molecule has 0 saturated carbocycles. The number of nitrogens with zero attached hydrogens (tertiary/aromatic N) is 1. The molecule has 0 aliphatic heterocycles. The highest BCUT2D eigenvalue weighted by atomic mass is 17.1. The maximum Gasteiger partial charge on any atom is 0.313 e. The van der Waals surface area contributed by atoms with E-state index in [-0.39, 0.29) is 30.5 Å². The first-order chi connectivity index (χ1) is 11.5. The van der Waals surface area contributed by atoms with Crippen LogP contribution in [0.5, 0.6) is 0 Å². The Bertz CT molecular complexity index is 686. The first-order valence-corrected chi connectivity index (χ1v) is 7.95. The average Bonchev–Trinajstić information content (AvgIpc) is 2.56. The minimum Gasteiger partial charge on any atom is -0.465 e. The Kier molecular flexibility index (Phi) is 6.69. The highest BCUT2D eigenvalue weighted by Crippen LogP contribution is 2.23. The van der Waals surface area contributed by atoms with Crippen molar-refractivity contribution in [2.45, 2.75) is 32.6 Å². The highest BCUT2D eigenvalue weighted by molar-refractivity contribution is 5.86. The molecule has 1 unspecified atom stereocenters. The molecule has 6 heteroatoms. The van der Waals surface area contributed by atoms with Crippen molar-refractivity contribution >= 4 is 16.7 Å². The van der Waals surface area contributed by atoms with Crippen LogP contribution in [0.3, 0.4) is 0 Å². The predicted octanol–water partition coefficient (Wildman–Crippen LogP) is 3.59. The Morgan fingerprint density at radius 1 is 1.08 bits per heavy atom. The number of rotatable bonds is 8. The second-order valence-electron chi connectivity index (χ2n) is 5.79. The van der Waals surface area contributed by atoms with Crippen LogP contribution in [0.25, 0.3) is 10.8 Å². The number of esters is 1. The number of carbonyl (C=O) groups is 1. The quantitative estimate of drug-likeness (QED) is 0.437. The fourth-order valence-corrected chi connectivity index (χ4v) is 2.44. The van der Waals surface area contributed by atoms with Crippen molar-refractivity contribution in [1.82, 2.24) is 5.39 Å². The molecular formula is C18H23NO5. The van der Waals surface area contributed by atoms with E-state index in [9.17, 15) is 4.79 Å². The second-order valence-corrected chi connectivity index (χ2v) is 5.79. The van der Waals surface area contributed by atoms with Gasteiger partial charge in [0, 0.05) is 0 Å². The number of ether oxygens (including phenoxy) is 1. The molecule has 0 aliphatic rings. The van der Waals surface area contributed by atoms with Gasteiger partial charge in [-0.25, -0.2) is 0 Å². The van der Waals surface area contributed by atoms with E-state index in [0.717, 1.165) is 16.3 Å². The maximum absolute atomic E-state index is 12.1. The fourth-order valence-electron chi connectivity index (χ4n) is 2.44. The molecule has 130 valence electrons. The van der Waals surface area contributed by atoms with Crippen LogP contribution in [0, 0.1) is 6.92 Å². The molecule has 2 rings (SSSR count). The van der Waals surface area contributed by atoms with Gasteiger partial charge in [0.2, 0.25) is 0 Å². The van der Waals surface area contributed by atoms with Gasteiger partial charge in [-0.15, -0.1) is 0 Å². The summed E-state index contributed by atoms with van der Waals surface area (Å²) in [5.41, 5.74) is 2.13. The van der Waals surface area contributed by atoms with E-state index in [1.54, 1.807) is 0 Å². The maximum atomic E-state index is 12.1. The van der Waals surface area contributed by atoms with Crippen LogP contribution in [0.1, 0.15) is 36.8 Å². The summed E-state index contributed by atoms with van der Waals surface area (Å²) in [5.74, 6) is -0.606. The number of fused-ring (bicyclic) bond motifs is 1. The summed E-state index contributed by atoms with van der Waals surface area (Å²) in [6, 6.07) is 12.2. The van der Waals surface area contributed by atoms with Gasteiger partial charge in [0.1, 0.15) is 0 Å². The van der Waals surface area contributed by atoms with Crippen LogP contribution in [0.2, 0.25) is 0 Å². The SMILES string of the molecule is Cc1ccc2cc(C(C)C(=O)OCCCCON(O)O)ccc2c1. The van der Waals surface area contributed by atoms with Gasteiger partial charge in [-0.3, -0.25) is 20.0 Å². The van der Waals surface area contributed by atoms with Gasteiger partial charge in [-0.2, -0.15) is 0 Å². The molecule has 0 spiro atoms. The Morgan fingerprint density at radius 2 is 1.75 bits per heavy atom. The van der Waals surface area contributed by atoms with Crippen molar-refractivity contribution in [2.24, 2.45) is 0 Å². The topological polar surface area (TPSA) is 79.2 Å². The first kappa shape index (κ1) is 18.4. The Labute approximate surface area is 141 Å². The lowest BCUT2D eigenvalue weighted by atomic mass is 9.97. The summed E-state index contributed by atoms with van der Waals surface area (Å²) < 4.78 is 5.26. The Morgan fingerprint density at radius 3 is 2.50 bits per heavy atom.